The molecule has 2 aromatic carbocycles. The molecular weight excluding hydrogens is 240 g/mol. The van der Waals surface area contributed by atoms with E-state index < -0.39 is 0 Å². The Morgan fingerprint density at radius 1 is 1.17 bits per heavy atom. The molecule has 0 spiro atoms. The summed E-state index contributed by atoms with van der Waals surface area (Å²) in [5.74, 6) is 0. The smallest absolute Gasteiger partial charge is 0.171 e. The lowest BCUT2D eigenvalue weighted by atomic mass is 10.1. The molecule has 0 bridgehead atoms. The van der Waals surface area contributed by atoms with E-state index in [2.05, 4.69) is 42.7 Å². The first-order valence-electron chi connectivity index (χ1n) is 6.26. The summed E-state index contributed by atoms with van der Waals surface area (Å²) < 4.78 is 0. The molecule has 0 aliphatic heterocycles. The Labute approximate surface area is 113 Å². The van der Waals surface area contributed by atoms with Gasteiger partial charge in [0.25, 0.3) is 0 Å². The van der Waals surface area contributed by atoms with Crippen LogP contribution in [0.1, 0.15) is 20.3 Å². The molecule has 2 nitrogen and oxygen atoms in total. The normalized spacial score (nSPS) is 12.1. The summed E-state index contributed by atoms with van der Waals surface area (Å²) >= 11 is 5.32. The van der Waals surface area contributed by atoms with E-state index in [1.54, 1.807) is 0 Å². The average molecular weight is 258 g/mol. The topological polar surface area (TPSA) is 24.1 Å². The van der Waals surface area contributed by atoms with Crippen LogP contribution in [0.3, 0.4) is 0 Å². The van der Waals surface area contributed by atoms with Gasteiger partial charge in [0.2, 0.25) is 0 Å². The van der Waals surface area contributed by atoms with Gasteiger partial charge in [-0.2, -0.15) is 0 Å². The summed E-state index contributed by atoms with van der Waals surface area (Å²) in [5.41, 5.74) is 1.05. The van der Waals surface area contributed by atoms with Gasteiger partial charge in [0, 0.05) is 17.1 Å². The maximum absolute atomic E-state index is 5.32. The van der Waals surface area contributed by atoms with Crippen molar-refractivity contribution in [2.24, 2.45) is 0 Å². The molecule has 0 saturated heterocycles. The molecule has 0 heterocycles. The van der Waals surface area contributed by atoms with E-state index in [4.69, 9.17) is 12.2 Å². The summed E-state index contributed by atoms with van der Waals surface area (Å²) in [6.45, 7) is 4.26. The highest BCUT2D eigenvalue weighted by Crippen LogP contribution is 2.22. The Kier molecular flexibility index (Phi) is 4.15. The van der Waals surface area contributed by atoms with Crippen molar-refractivity contribution < 1.29 is 0 Å². The molecule has 0 aliphatic carbocycles. The highest BCUT2D eigenvalue weighted by molar-refractivity contribution is 7.80. The first-order chi connectivity index (χ1) is 8.70. The molecule has 0 fully saturated rings. The maximum atomic E-state index is 5.32. The van der Waals surface area contributed by atoms with E-state index in [-0.39, 0.29) is 0 Å². The summed E-state index contributed by atoms with van der Waals surface area (Å²) in [5, 5.41) is 9.62. The highest BCUT2D eigenvalue weighted by Gasteiger charge is 2.04. The molecule has 0 aliphatic rings. The van der Waals surface area contributed by atoms with Crippen LogP contribution < -0.4 is 10.6 Å². The number of anilines is 1. The molecule has 1 unspecified atom stereocenters. The van der Waals surface area contributed by atoms with Crippen LogP contribution in [-0.2, 0) is 0 Å². The fraction of sp³-hybridized carbons (Fsp3) is 0.267. The summed E-state index contributed by atoms with van der Waals surface area (Å²) in [4.78, 5) is 0. The molecule has 0 aromatic heterocycles. The van der Waals surface area contributed by atoms with Crippen LogP contribution in [0.2, 0.25) is 0 Å². The highest BCUT2D eigenvalue weighted by atomic mass is 32.1. The summed E-state index contributed by atoms with van der Waals surface area (Å²) in [6.07, 6.45) is 1.05. The van der Waals surface area contributed by atoms with Gasteiger partial charge in [0.1, 0.15) is 0 Å². The Hall–Kier alpha value is -1.61. The van der Waals surface area contributed by atoms with Crippen LogP contribution in [0.5, 0.6) is 0 Å². The quantitative estimate of drug-likeness (QED) is 0.816. The third kappa shape index (κ3) is 2.99. The fourth-order valence-electron chi connectivity index (χ4n) is 1.82. The molecule has 18 heavy (non-hydrogen) atoms. The molecule has 1 atom stereocenters. The van der Waals surface area contributed by atoms with Gasteiger partial charge in [-0.05, 0) is 37.0 Å². The van der Waals surface area contributed by atoms with E-state index in [0.717, 1.165) is 12.1 Å². The zero-order valence-electron chi connectivity index (χ0n) is 10.7. The van der Waals surface area contributed by atoms with Gasteiger partial charge >= 0.3 is 0 Å². The number of benzene rings is 2. The van der Waals surface area contributed by atoms with Gasteiger partial charge in [-0.25, -0.2) is 0 Å². The molecule has 2 aromatic rings. The van der Waals surface area contributed by atoms with Gasteiger partial charge in [0.05, 0.1) is 0 Å². The van der Waals surface area contributed by atoms with E-state index in [9.17, 15) is 0 Å². The van der Waals surface area contributed by atoms with Gasteiger partial charge in [-0.15, -0.1) is 0 Å². The Balaban J connectivity index is 2.19. The molecule has 0 radical (unpaired) electrons. The Bertz CT molecular complexity index is 546. The fourth-order valence-corrected chi connectivity index (χ4v) is 2.13. The van der Waals surface area contributed by atoms with Crippen LogP contribution in [0.15, 0.2) is 42.5 Å². The van der Waals surface area contributed by atoms with E-state index in [0.29, 0.717) is 11.2 Å². The lowest BCUT2D eigenvalue weighted by Gasteiger charge is -2.16. The SMILES string of the molecule is CCC(C)NC(=S)Nc1cccc2ccccc12. The largest absolute Gasteiger partial charge is 0.360 e. The Morgan fingerprint density at radius 3 is 2.67 bits per heavy atom. The molecule has 2 N–H and O–H groups in total. The van der Waals surface area contributed by atoms with Crippen molar-refractivity contribution in [2.45, 2.75) is 26.3 Å². The van der Waals surface area contributed by atoms with Crippen LogP contribution >= 0.6 is 12.2 Å². The monoisotopic (exact) mass is 258 g/mol. The molecule has 2 rings (SSSR count). The van der Waals surface area contributed by atoms with E-state index >= 15 is 0 Å². The molecule has 0 amide bonds. The molecule has 94 valence electrons. The lowest BCUT2D eigenvalue weighted by molar-refractivity contribution is 0.646. The van der Waals surface area contributed by atoms with Crippen LogP contribution in [0.25, 0.3) is 10.8 Å². The van der Waals surface area contributed by atoms with E-state index in [1.807, 2.05) is 24.3 Å². The first kappa shape index (κ1) is 12.8. The van der Waals surface area contributed by atoms with Gasteiger partial charge in [-0.3, -0.25) is 0 Å². The molecule has 3 heteroatoms. The van der Waals surface area contributed by atoms with Crippen LogP contribution in [0.4, 0.5) is 5.69 Å². The van der Waals surface area contributed by atoms with Crippen molar-refractivity contribution in [1.29, 1.82) is 0 Å². The van der Waals surface area contributed by atoms with Crippen molar-refractivity contribution in [2.75, 3.05) is 5.32 Å². The molecule has 0 saturated carbocycles. The summed E-state index contributed by atoms with van der Waals surface area (Å²) in [6, 6.07) is 14.9. The maximum Gasteiger partial charge on any atom is 0.171 e. The van der Waals surface area contributed by atoms with Crippen molar-refractivity contribution >= 4 is 33.8 Å². The van der Waals surface area contributed by atoms with Gasteiger partial charge in [0.15, 0.2) is 5.11 Å². The number of hydrogen-bond donors (Lipinski definition) is 2. The standard InChI is InChI=1S/C15H18N2S/c1-3-11(2)16-15(18)17-14-10-6-8-12-7-4-5-9-13(12)14/h4-11H,3H2,1-2H3,(H2,16,17,18). The average Bonchev–Trinajstić information content (AvgIpc) is 2.39. The second kappa shape index (κ2) is 5.83. The third-order valence-electron chi connectivity index (χ3n) is 3.03. The van der Waals surface area contributed by atoms with Crippen molar-refractivity contribution in [3.05, 3.63) is 42.5 Å². The summed E-state index contributed by atoms with van der Waals surface area (Å²) in [7, 11) is 0. The number of rotatable bonds is 3. The van der Waals surface area contributed by atoms with Gasteiger partial charge in [-0.1, -0.05) is 43.3 Å². The third-order valence-corrected chi connectivity index (χ3v) is 3.25. The van der Waals surface area contributed by atoms with Crippen molar-refractivity contribution in [3.8, 4) is 0 Å². The first-order valence-corrected chi connectivity index (χ1v) is 6.67. The number of fused-ring (bicyclic) bond motifs is 1. The van der Waals surface area contributed by atoms with Crippen molar-refractivity contribution in [3.63, 3.8) is 0 Å². The van der Waals surface area contributed by atoms with Crippen molar-refractivity contribution in [1.82, 2.24) is 5.32 Å². The number of nitrogens with one attached hydrogen (secondary N) is 2. The van der Waals surface area contributed by atoms with Gasteiger partial charge < -0.3 is 10.6 Å². The van der Waals surface area contributed by atoms with E-state index in [1.165, 1.54) is 10.8 Å². The zero-order chi connectivity index (χ0) is 13.0. The molecular formula is C15H18N2S. The van der Waals surface area contributed by atoms with Crippen LogP contribution in [-0.4, -0.2) is 11.2 Å². The second-order valence-corrected chi connectivity index (χ2v) is 4.84. The zero-order valence-corrected chi connectivity index (χ0v) is 11.6. The van der Waals surface area contributed by atoms with Crippen LogP contribution in [0, 0.1) is 0 Å². The predicted molar refractivity (Wildman–Crippen MR) is 83.1 cm³/mol. The number of hydrogen-bond acceptors (Lipinski definition) is 1. The Morgan fingerprint density at radius 2 is 1.89 bits per heavy atom. The number of thiocarbonyl (C=S) groups is 1. The minimum Gasteiger partial charge on any atom is -0.360 e. The lowest BCUT2D eigenvalue weighted by Crippen LogP contribution is -2.35. The predicted octanol–water partition coefficient (Wildman–Crippen LogP) is 3.92. The second-order valence-electron chi connectivity index (χ2n) is 4.43. The minimum atomic E-state index is 0.389. The minimum absolute atomic E-state index is 0.389.